The first-order valence-electron chi connectivity index (χ1n) is 4.61. The SMILES string of the molecule is CN(c1nc(Br)cs1)C1CCCC1. The first kappa shape index (κ1) is 9.46. The van der Waals surface area contributed by atoms with Crippen molar-refractivity contribution in [3.8, 4) is 0 Å². The highest BCUT2D eigenvalue weighted by atomic mass is 79.9. The fourth-order valence-corrected chi connectivity index (χ4v) is 3.14. The van der Waals surface area contributed by atoms with Crippen LogP contribution in [0.2, 0.25) is 0 Å². The van der Waals surface area contributed by atoms with Crippen molar-refractivity contribution in [2.24, 2.45) is 0 Å². The molecule has 2 rings (SSSR count). The summed E-state index contributed by atoms with van der Waals surface area (Å²) in [6.07, 6.45) is 5.41. The molecule has 0 bridgehead atoms. The third-order valence-corrected chi connectivity index (χ3v) is 4.28. The van der Waals surface area contributed by atoms with Gasteiger partial charge in [-0.2, -0.15) is 0 Å². The van der Waals surface area contributed by atoms with Crippen LogP contribution in [0.1, 0.15) is 25.7 Å². The van der Waals surface area contributed by atoms with Gasteiger partial charge in [-0.1, -0.05) is 12.8 Å². The van der Waals surface area contributed by atoms with Gasteiger partial charge < -0.3 is 4.90 Å². The minimum absolute atomic E-state index is 0.720. The number of nitrogens with zero attached hydrogens (tertiary/aromatic N) is 2. The maximum Gasteiger partial charge on any atom is 0.186 e. The van der Waals surface area contributed by atoms with Crippen LogP contribution in [0.4, 0.5) is 5.13 Å². The minimum atomic E-state index is 0.720. The first-order chi connectivity index (χ1) is 6.27. The maximum absolute atomic E-state index is 4.42. The molecule has 13 heavy (non-hydrogen) atoms. The number of aromatic nitrogens is 1. The van der Waals surface area contributed by atoms with Gasteiger partial charge in [0.15, 0.2) is 5.13 Å². The fourth-order valence-electron chi connectivity index (χ4n) is 1.86. The van der Waals surface area contributed by atoms with Crippen molar-refractivity contribution in [3.05, 3.63) is 9.98 Å². The number of anilines is 1. The van der Waals surface area contributed by atoms with Gasteiger partial charge in [0.05, 0.1) is 0 Å². The number of halogens is 1. The second-order valence-electron chi connectivity index (χ2n) is 3.50. The summed E-state index contributed by atoms with van der Waals surface area (Å²) in [6, 6.07) is 0.720. The van der Waals surface area contributed by atoms with Gasteiger partial charge in [-0.15, -0.1) is 11.3 Å². The Balaban J connectivity index is 2.07. The van der Waals surface area contributed by atoms with Crippen LogP contribution in [0.3, 0.4) is 0 Å². The van der Waals surface area contributed by atoms with Crippen LogP contribution in [0.25, 0.3) is 0 Å². The zero-order valence-corrected chi connectivity index (χ0v) is 10.1. The molecule has 0 radical (unpaired) electrons. The van der Waals surface area contributed by atoms with Crippen LogP contribution in [0, 0.1) is 0 Å². The molecule has 1 aromatic rings. The number of hydrogen-bond donors (Lipinski definition) is 0. The summed E-state index contributed by atoms with van der Waals surface area (Å²) in [6.45, 7) is 0. The van der Waals surface area contributed by atoms with Gasteiger partial charge in [0, 0.05) is 18.5 Å². The predicted molar refractivity (Wildman–Crippen MR) is 60.5 cm³/mol. The van der Waals surface area contributed by atoms with Crippen molar-refractivity contribution in [1.82, 2.24) is 4.98 Å². The summed E-state index contributed by atoms with van der Waals surface area (Å²) in [4.78, 5) is 6.74. The van der Waals surface area contributed by atoms with Crippen molar-refractivity contribution in [3.63, 3.8) is 0 Å². The van der Waals surface area contributed by atoms with Crippen molar-refractivity contribution < 1.29 is 0 Å². The van der Waals surface area contributed by atoms with Gasteiger partial charge in [-0.05, 0) is 28.8 Å². The molecule has 0 spiro atoms. The molecule has 1 heterocycles. The smallest absolute Gasteiger partial charge is 0.186 e. The van der Waals surface area contributed by atoms with Gasteiger partial charge in [0.2, 0.25) is 0 Å². The van der Waals surface area contributed by atoms with Crippen LogP contribution in [-0.2, 0) is 0 Å². The Labute approximate surface area is 91.1 Å². The molecule has 1 aliphatic carbocycles. The van der Waals surface area contributed by atoms with E-state index in [0.717, 1.165) is 15.8 Å². The normalized spacial score (nSPS) is 18.0. The largest absolute Gasteiger partial charge is 0.348 e. The molecular formula is C9H13BrN2S. The van der Waals surface area contributed by atoms with Gasteiger partial charge >= 0.3 is 0 Å². The summed E-state index contributed by atoms with van der Waals surface area (Å²) in [7, 11) is 2.15. The topological polar surface area (TPSA) is 16.1 Å². The Morgan fingerprint density at radius 3 is 2.77 bits per heavy atom. The second kappa shape index (κ2) is 3.96. The van der Waals surface area contributed by atoms with E-state index in [2.05, 4.69) is 32.9 Å². The van der Waals surface area contributed by atoms with E-state index < -0.39 is 0 Å². The molecule has 0 amide bonds. The Kier molecular flexibility index (Phi) is 2.89. The molecule has 1 aromatic heterocycles. The number of rotatable bonds is 2. The van der Waals surface area contributed by atoms with Gasteiger partial charge in [0.25, 0.3) is 0 Å². The molecule has 72 valence electrons. The molecule has 0 aromatic carbocycles. The number of hydrogen-bond acceptors (Lipinski definition) is 3. The van der Waals surface area contributed by atoms with E-state index in [-0.39, 0.29) is 0 Å². The lowest BCUT2D eigenvalue weighted by Gasteiger charge is -2.23. The Morgan fingerprint density at radius 1 is 1.54 bits per heavy atom. The quantitative estimate of drug-likeness (QED) is 0.812. The Bertz CT molecular complexity index is 281. The molecule has 0 unspecified atom stereocenters. The molecule has 1 fully saturated rings. The number of thiazole rings is 1. The zero-order valence-electron chi connectivity index (χ0n) is 7.66. The van der Waals surface area contributed by atoms with Gasteiger partial charge in [-0.25, -0.2) is 4.98 Å². The van der Waals surface area contributed by atoms with Crippen molar-refractivity contribution >= 4 is 32.4 Å². The summed E-state index contributed by atoms with van der Waals surface area (Å²) >= 11 is 5.09. The molecule has 0 N–H and O–H groups in total. The van der Waals surface area contributed by atoms with Crippen LogP contribution in [0.5, 0.6) is 0 Å². The summed E-state index contributed by atoms with van der Waals surface area (Å²) in [5, 5.41) is 3.18. The van der Waals surface area contributed by atoms with E-state index in [9.17, 15) is 0 Å². The third kappa shape index (κ3) is 2.05. The van der Waals surface area contributed by atoms with Crippen molar-refractivity contribution in [1.29, 1.82) is 0 Å². The van der Waals surface area contributed by atoms with Gasteiger partial charge in [-0.3, -0.25) is 0 Å². The average molecular weight is 261 g/mol. The van der Waals surface area contributed by atoms with Crippen molar-refractivity contribution in [2.45, 2.75) is 31.7 Å². The van der Waals surface area contributed by atoms with Crippen LogP contribution in [0.15, 0.2) is 9.98 Å². The molecule has 1 aliphatic rings. The van der Waals surface area contributed by atoms with E-state index in [1.54, 1.807) is 11.3 Å². The summed E-state index contributed by atoms with van der Waals surface area (Å²) in [5.74, 6) is 0. The molecule has 0 atom stereocenters. The van der Waals surface area contributed by atoms with Crippen molar-refractivity contribution in [2.75, 3.05) is 11.9 Å². The highest BCUT2D eigenvalue weighted by molar-refractivity contribution is 9.10. The lowest BCUT2D eigenvalue weighted by Crippen LogP contribution is -2.28. The lowest BCUT2D eigenvalue weighted by molar-refractivity contribution is 0.651. The van der Waals surface area contributed by atoms with E-state index in [1.165, 1.54) is 25.7 Å². The Hall–Kier alpha value is -0.0900. The highest BCUT2D eigenvalue weighted by Gasteiger charge is 2.21. The predicted octanol–water partition coefficient (Wildman–Crippen LogP) is 3.28. The van der Waals surface area contributed by atoms with Gasteiger partial charge in [0.1, 0.15) is 4.60 Å². The molecule has 0 aliphatic heterocycles. The van der Waals surface area contributed by atoms with E-state index in [4.69, 9.17) is 0 Å². The van der Waals surface area contributed by atoms with Crippen LogP contribution in [-0.4, -0.2) is 18.1 Å². The van der Waals surface area contributed by atoms with E-state index >= 15 is 0 Å². The second-order valence-corrected chi connectivity index (χ2v) is 5.15. The fraction of sp³-hybridized carbons (Fsp3) is 0.667. The zero-order chi connectivity index (χ0) is 9.26. The monoisotopic (exact) mass is 260 g/mol. The standard InChI is InChI=1S/C9H13BrN2S/c1-12(7-4-2-3-5-7)9-11-8(10)6-13-9/h6-7H,2-5H2,1H3. The molecule has 2 nitrogen and oxygen atoms in total. The molecule has 0 saturated heterocycles. The summed E-state index contributed by atoms with van der Waals surface area (Å²) < 4.78 is 0.956. The minimum Gasteiger partial charge on any atom is -0.348 e. The molecule has 1 saturated carbocycles. The molecule has 4 heteroatoms. The van der Waals surface area contributed by atoms with Crippen LogP contribution >= 0.6 is 27.3 Å². The molecular weight excluding hydrogens is 248 g/mol. The average Bonchev–Trinajstić information content (AvgIpc) is 2.72. The summed E-state index contributed by atoms with van der Waals surface area (Å²) in [5.41, 5.74) is 0. The maximum atomic E-state index is 4.42. The highest BCUT2D eigenvalue weighted by Crippen LogP contribution is 2.29. The lowest BCUT2D eigenvalue weighted by atomic mass is 10.2. The van der Waals surface area contributed by atoms with E-state index in [1.807, 2.05) is 5.38 Å². The third-order valence-electron chi connectivity index (χ3n) is 2.64. The van der Waals surface area contributed by atoms with E-state index in [0.29, 0.717) is 0 Å². The first-order valence-corrected chi connectivity index (χ1v) is 6.28. The van der Waals surface area contributed by atoms with Crippen LogP contribution < -0.4 is 4.90 Å². The Morgan fingerprint density at radius 2 is 2.23 bits per heavy atom.